The van der Waals surface area contributed by atoms with Gasteiger partial charge in [-0.15, -0.1) is 0 Å². The monoisotopic (exact) mass is 297 g/mol. The maximum absolute atomic E-state index is 12.4. The maximum Gasteiger partial charge on any atom is 0.270 e. The predicted octanol–water partition coefficient (Wildman–Crippen LogP) is 2.34. The highest BCUT2D eigenvalue weighted by Gasteiger charge is 2.17. The normalized spacial score (nSPS) is 12.0. The number of hydrogen-bond donors (Lipinski definition) is 2. The molecule has 22 heavy (non-hydrogen) atoms. The molecule has 0 radical (unpaired) electrons. The van der Waals surface area contributed by atoms with Crippen LogP contribution in [0.25, 0.3) is 11.5 Å². The van der Waals surface area contributed by atoms with Crippen LogP contribution in [-0.2, 0) is 0 Å². The largest absolute Gasteiger partial charge is 0.463 e. The number of hydrogen-bond acceptors (Lipinski definition) is 5. The van der Waals surface area contributed by atoms with Crippen molar-refractivity contribution in [1.82, 2.24) is 25.3 Å². The Kier molecular flexibility index (Phi) is 3.95. The number of carbonyl (C=O) groups excluding carboxylic acids is 1. The number of amides is 1. The Bertz CT molecular complexity index is 737. The van der Waals surface area contributed by atoms with Gasteiger partial charge in [0.25, 0.3) is 5.91 Å². The molecule has 112 valence electrons. The quantitative estimate of drug-likeness (QED) is 0.753. The van der Waals surface area contributed by atoms with Gasteiger partial charge < -0.3 is 14.7 Å². The van der Waals surface area contributed by atoms with Crippen molar-refractivity contribution in [3.63, 3.8) is 0 Å². The molecule has 1 unspecified atom stereocenters. The zero-order valence-corrected chi connectivity index (χ0v) is 12.0. The lowest BCUT2D eigenvalue weighted by molar-refractivity contribution is 0.0928. The molecule has 0 aliphatic carbocycles. The van der Waals surface area contributed by atoms with Crippen molar-refractivity contribution < 1.29 is 9.21 Å². The van der Waals surface area contributed by atoms with Gasteiger partial charge in [-0.2, -0.15) is 0 Å². The number of aromatic nitrogens is 4. The molecule has 0 bridgehead atoms. The molecular weight excluding hydrogens is 282 g/mol. The lowest BCUT2D eigenvalue weighted by atomic mass is 10.2. The number of rotatable bonds is 5. The highest BCUT2D eigenvalue weighted by Crippen LogP contribution is 2.18. The first-order chi connectivity index (χ1) is 10.8. The van der Waals surface area contributed by atoms with Crippen LogP contribution < -0.4 is 5.32 Å². The van der Waals surface area contributed by atoms with Crippen molar-refractivity contribution in [2.75, 3.05) is 0 Å². The third-order valence-electron chi connectivity index (χ3n) is 3.24. The molecule has 2 N–H and O–H groups in total. The molecule has 0 fully saturated rings. The number of aromatic amines is 1. The summed E-state index contributed by atoms with van der Waals surface area (Å²) in [6.07, 6.45) is 7.00. The van der Waals surface area contributed by atoms with Crippen LogP contribution in [0.2, 0.25) is 0 Å². The van der Waals surface area contributed by atoms with Gasteiger partial charge in [-0.3, -0.25) is 4.79 Å². The smallest absolute Gasteiger partial charge is 0.270 e. The topological polar surface area (TPSA) is 96.7 Å². The highest BCUT2D eigenvalue weighted by molar-refractivity contribution is 5.93. The zero-order chi connectivity index (χ0) is 15.4. The molecule has 0 aliphatic heterocycles. The van der Waals surface area contributed by atoms with Gasteiger partial charge in [0.05, 0.1) is 12.3 Å². The van der Waals surface area contributed by atoms with Gasteiger partial charge in [0, 0.05) is 12.4 Å². The lowest BCUT2D eigenvalue weighted by Gasteiger charge is -2.14. The van der Waals surface area contributed by atoms with Crippen LogP contribution >= 0.6 is 0 Å². The fourth-order valence-electron chi connectivity index (χ4n) is 2.10. The molecule has 3 heterocycles. The molecule has 0 aliphatic rings. The van der Waals surface area contributed by atoms with E-state index in [2.05, 4.69) is 25.3 Å². The van der Waals surface area contributed by atoms with E-state index >= 15 is 0 Å². The van der Waals surface area contributed by atoms with E-state index in [1.807, 2.05) is 6.92 Å². The van der Waals surface area contributed by atoms with E-state index in [0.29, 0.717) is 11.5 Å². The number of nitrogens with one attached hydrogen (secondary N) is 2. The maximum atomic E-state index is 12.4. The standard InChI is InChI=1S/C15H15N5O2/c1-2-10(14-16-5-6-17-14)20-15(21)12-8-11(18-9-19-12)13-4-3-7-22-13/h3-10H,2H2,1H3,(H,16,17)(H,20,21). The summed E-state index contributed by atoms with van der Waals surface area (Å²) in [5, 5.41) is 2.90. The lowest BCUT2D eigenvalue weighted by Crippen LogP contribution is -2.29. The average molecular weight is 297 g/mol. The summed E-state index contributed by atoms with van der Waals surface area (Å²) in [4.78, 5) is 27.7. The van der Waals surface area contributed by atoms with Crippen LogP contribution in [0.15, 0.2) is 47.6 Å². The van der Waals surface area contributed by atoms with Crippen molar-refractivity contribution in [3.8, 4) is 11.5 Å². The van der Waals surface area contributed by atoms with E-state index in [-0.39, 0.29) is 17.6 Å². The molecule has 0 spiro atoms. The molecule has 1 atom stereocenters. The summed E-state index contributed by atoms with van der Waals surface area (Å²) in [6, 6.07) is 4.95. The average Bonchev–Trinajstić information content (AvgIpc) is 3.25. The van der Waals surface area contributed by atoms with E-state index in [1.54, 1.807) is 36.9 Å². The van der Waals surface area contributed by atoms with E-state index in [4.69, 9.17) is 4.42 Å². The van der Waals surface area contributed by atoms with Crippen molar-refractivity contribution in [1.29, 1.82) is 0 Å². The van der Waals surface area contributed by atoms with Crippen molar-refractivity contribution in [2.45, 2.75) is 19.4 Å². The number of H-pyrrole nitrogens is 1. The highest BCUT2D eigenvalue weighted by atomic mass is 16.3. The number of furan rings is 1. The molecule has 0 aromatic carbocycles. The van der Waals surface area contributed by atoms with Crippen LogP contribution in [-0.4, -0.2) is 25.8 Å². The predicted molar refractivity (Wildman–Crippen MR) is 78.8 cm³/mol. The molecule has 1 amide bonds. The van der Waals surface area contributed by atoms with Crippen LogP contribution in [0.4, 0.5) is 0 Å². The van der Waals surface area contributed by atoms with Gasteiger partial charge in [0.2, 0.25) is 0 Å². The van der Waals surface area contributed by atoms with Crippen LogP contribution in [0.1, 0.15) is 35.7 Å². The number of nitrogens with zero attached hydrogens (tertiary/aromatic N) is 3. The molecular formula is C15H15N5O2. The Hall–Kier alpha value is -2.96. The molecule has 3 aromatic heterocycles. The van der Waals surface area contributed by atoms with Gasteiger partial charge in [0.15, 0.2) is 5.76 Å². The van der Waals surface area contributed by atoms with Crippen LogP contribution in [0.5, 0.6) is 0 Å². The van der Waals surface area contributed by atoms with Gasteiger partial charge in [-0.05, 0) is 24.6 Å². The van der Waals surface area contributed by atoms with E-state index < -0.39 is 0 Å². The van der Waals surface area contributed by atoms with Crippen molar-refractivity contribution in [3.05, 3.63) is 54.7 Å². The SMILES string of the molecule is CCC(NC(=O)c1cc(-c2ccco2)ncn1)c1ncc[nH]1. The third kappa shape index (κ3) is 2.88. The van der Waals surface area contributed by atoms with Gasteiger partial charge in [0.1, 0.15) is 23.5 Å². The minimum Gasteiger partial charge on any atom is -0.463 e. The first-order valence-corrected chi connectivity index (χ1v) is 6.94. The van der Waals surface area contributed by atoms with Gasteiger partial charge >= 0.3 is 0 Å². The van der Waals surface area contributed by atoms with Gasteiger partial charge in [-0.25, -0.2) is 15.0 Å². The second kappa shape index (κ2) is 6.21. The Morgan fingerprint density at radius 1 is 1.41 bits per heavy atom. The molecule has 0 saturated heterocycles. The minimum absolute atomic E-state index is 0.190. The van der Waals surface area contributed by atoms with E-state index in [1.165, 1.54) is 6.33 Å². The first-order valence-electron chi connectivity index (χ1n) is 6.94. The second-order valence-electron chi connectivity index (χ2n) is 4.67. The zero-order valence-electron chi connectivity index (χ0n) is 12.0. The summed E-state index contributed by atoms with van der Waals surface area (Å²) in [5.74, 6) is 1.03. The van der Waals surface area contributed by atoms with Crippen LogP contribution in [0.3, 0.4) is 0 Å². The van der Waals surface area contributed by atoms with Gasteiger partial charge in [-0.1, -0.05) is 6.92 Å². The Labute approximate surface area is 126 Å². The van der Waals surface area contributed by atoms with E-state index in [9.17, 15) is 4.79 Å². The molecule has 0 saturated carbocycles. The summed E-state index contributed by atoms with van der Waals surface area (Å²) in [7, 11) is 0. The van der Waals surface area contributed by atoms with Crippen molar-refractivity contribution in [2.24, 2.45) is 0 Å². The third-order valence-corrected chi connectivity index (χ3v) is 3.24. The molecule has 7 heteroatoms. The van der Waals surface area contributed by atoms with Crippen LogP contribution in [0, 0.1) is 0 Å². The first kappa shape index (κ1) is 14.0. The number of carbonyl (C=O) groups is 1. The van der Waals surface area contributed by atoms with E-state index in [0.717, 1.165) is 12.2 Å². The Morgan fingerprint density at radius 3 is 3.00 bits per heavy atom. The Balaban J connectivity index is 1.79. The Morgan fingerprint density at radius 2 is 2.32 bits per heavy atom. The minimum atomic E-state index is -0.279. The second-order valence-corrected chi connectivity index (χ2v) is 4.67. The molecule has 3 aromatic rings. The summed E-state index contributed by atoms with van der Waals surface area (Å²) in [6.45, 7) is 1.97. The summed E-state index contributed by atoms with van der Waals surface area (Å²) >= 11 is 0. The fraction of sp³-hybridized carbons (Fsp3) is 0.200. The van der Waals surface area contributed by atoms with Crippen molar-refractivity contribution >= 4 is 5.91 Å². The summed E-state index contributed by atoms with van der Waals surface area (Å²) in [5.41, 5.74) is 0.850. The molecule has 3 rings (SSSR count). The molecule has 7 nitrogen and oxygen atoms in total. The fourth-order valence-corrected chi connectivity index (χ4v) is 2.10. The number of imidazole rings is 1. The summed E-state index contributed by atoms with van der Waals surface area (Å²) < 4.78 is 5.28.